The fourth-order valence-corrected chi connectivity index (χ4v) is 2.63. The van der Waals surface area contributed by atoms with Crippen LogP contribution < -0.4 is 10.6 Å². The van der Waals surface area contributed by atoms with Gasteiger partial charge in [-0.3, -0.25) is 10.1 Å². The average Bonchev–Trinajstić information content (AvgIpc) is 2.24. The number of rotatable bonds is 1. The molecule has 2 rings (SSSR count). The van der Waals surface area contributed by atoms with Crippen molar-refractivity contribution in [1.29, 1.82) is 0 Å². The second kappa shape index (κ2) is 4.91. The lowest BCUT2D eigenvalue weighted by molar-refractivity contribution is -0.130. The molecule has 0 aromatic rings. The van der Waals surface area contributed by atoms with E-state index in [0.717, 1.165) is 0 Å². The van der Waals surface area contributed by atoms with Crippen LogP contribution in [0.4, 0.5) is 4.79 Å². The molecule has 0 aromatic heterocycles. The van der Waals surface area contributed by atoms with Crippen molar-refractivity contribution in [1.82, 2.24) is 15.5 Å². The summed E-state index contributed by atoms with van der Waals surface area (Å²) >= 11 is 0. The highest BCUT2D eigenvalue weighted by molar-refractivity contribution is 5.83. The SMILES string of the molecule is CC(C)[C@@H]1NC2(CNC1=O)CN(C(=O)OC(C)(C)C)C2. The number of nitrogens with zero attached hydrogens (tertiary/aromatic N) is 1. The Morgan fingerprint density at radius 1 is 1.40 bits per heavy atom. The van der Waals surface area contributed by atoms with E-state index in [0.29, 0.717) is 19.6 Å². The first-order chi connectivity index (χ1) is 9.12. The number of nitrogens with one attached hydrogen (secondary N) is 2. The fraction of sp³-hybridized carbons (Fsp3) is 0.857. The molecular formula is C14H25N3O3. The minimum atomic E-state index is -0.478. The summed E-state index contributed by atoms with van der Waals surface area (Å²) in [4.78, 5) is 25.4. The Kier molecular flexibility index (Phi) is 3.71. The predicted octanol–water partition coefficient (Wildman–Crippen LogP) is 0.720. The van der Waals surface area contributed by atoms with E-state index in [4.69, 9.17) is 4.74 Å². The number of amides is 2. The zero-order valence-corrected chi connectivity index (χ0v) is 12.9. The van der Waals surface area contributed by atoms with Crippen molar-refractivity contribution in [2.45, 2.75) is 51.8 Å². The number of likely N-dealkylation sites (tertiary alicyclic amines) is 1. The minimum Gasteiger partial charge on any atom is -0.444 e. The number of hydrogen-bond acceptors (Lipinski definition) is 4. The molecule has 0 aromatic carbocycles. The molecule has 2 aliphatic rings. The van der Waals surface area contributed by atoms with Gasteiger partial charge >= 0.3 is 6.09 Å². The molecule has 2 N–H and O–H groups in total. The molecule has 0 radical (unpaired) electrons. The molecule has 2 aliphatic heterocycles. The molecule has 1 atom stereocenters. The van der Waals surface area contributed by atoms with Gasteiger partial charge in [-0.2, -0.15) is 0 Å². The van der Waals surface area contributed by atoms with E-state index < -0.39 is 5.60 Å². The third-order valence-electron chi connectivity index (χ3n) is 3.65. The minimum absolute atomic E-state index is 0.0429. The van der Waals surface area contributed by atoms with E-state index in [2.05, 4.69) is 10.6 Å². The van der Waals surface area contributed by atoms with Gasteiger partial charge in [-0.05, 0) is 26.7 Å². The monoisotopic (exact) mass is 283 g/mol. The Labute approximate surface area is 120 Å². The van der Waals surface area contributed by atoms with Gasteiger partial charge in [-0.1, -0.05) is 13.8 Å². The Morgan fingerprint density at radius 3 is 2.50 bits per heavy atom. The van der Waals surface area contributed by atoms with Gasteiger partial charge in [0.2, 0.25) is 5.91 Å². The number of carbonyl (C=O) groups excluding carboxylic acids is 2. The lowest BCUT2D eigenvalue weighted by Gasteiger charge is -2.54. The van der Waals surface area contributed by atoms with E-state index in [9.17, 15) is 9.59 Å². The van der Waals surface area contributed by atoms with Crippen LogP contribution in [0, 0.1) is 5.92 Å². The predicted molar refractivity (Wildman–Crippen MR) is 75.3 cm³/mol. The summed E-state index contributed by atoms with van der Waals surface area (Å²) in [6.07, 6.45) is -0.289. The van der Waals surface area contributed by atoms with Crippen LogP contribution in [-0.4, -0.2) is 53.7 Å². The van der Waals surface area contributed by atoms with Gasteiger partial charge < -0.3 is 15.0 Å². The molecular weight excluding hydrogens is 258 g/mol. The topological polar surface area (TPSA) is 70.7 Å². The molecule has 0 aliphatic carbocycles. The Bertz CT molecular complexity index is 408. The third kappa shape index (κ3) is 3.06. The van der Waals surface area contributed by atoms with Gasteiger partial charge in [0.15, 0.2) is 0 Å². The largest absolute Gasteiger partial charge is 0.444 e. The smallest absolute Gasteiger partial charge is 0.410 e. The average molecular weight is 283 g/mol. The highest BCUT2D eigenvalue weighted by Gasteiger charge is 2.51. The van der Waals surface area contributed by atoms with E-state index in [1.54, 1.807) is 4.90 Å². The fourth-order valence-electron chi connectivity index (χ4n) is 2.63. The summed E-state index contributed by atoms with van der Waals surface area (Å²) in [6, 6.07) is -0.190. The van der Waals surface area contributed by atoms with Crippen LogP contribution in [0.15, 0.2) is 0 Å². The lowest BCUT2D eigenvalue weighted by atomic mass is 9.84. The summed E-state index contributed by atoms with van der Waals surface area (Å²) in [5.41, 5.74) is -0.672. The molecule has 2 fully saturated rings. The third-order valence-corrected chi connectivity index (χ3v) is 3.65. The normalized spacial score (nSPS) is 25.4. The van der Waals surface area contributed by atoms with Gasteiger partial charge in [0, 0.05) is 19.6 Å². The molecule has 0 bridgehead atoms. The van der Waals surface area contributed by atoms with Crippen molar-refractivity contribution in [3.05, 3.63) is 0 Å². The van der Waals surface area contributed by atoms with Crippen LogP contribution in [-0.2, 0) is 9.53 Å². The number of hydrogen-bond donors (Lipinski definition) is 2. The number of ether oxygens (including phenoxy) is 1. The highest BCUT2D eigenvalue weighted by Crippen LogP contribution is 2.26. The van der Waals surface area contributed by atoms with Gasteiger partial charge in [-0.25, -0.2) is 4.79 Å². The van der Waals surface area contributed by atoms with Crippen molar-refractivity contribution in [3.8, 4) is 0 Å². The maximum atomic E-state index is 11.9. The van der Waals surface area contributed by atoms with Crippen molar-refractivity contribution < 1.29 is 14.3 Å². The molecule has 6 heteroatoms. The van der Waals surface area contributed by atoms with Crippen molar-refractivity contribution in [2.24, 2.45) is 5.92 Å². The van der Waals surface area contributed by atoms with E-state index in [1.165, 1.54) is 0 Å². The van der Waals surface area contributed by atoms with Gasteiger partial charge in [0.05, 0.1) is 11.6 Å². The molecule has 2 amide bonds. The standard InChI is InChI=1S/C14H25N3O3/c1-9(2)10-11(18)15-6-14(16-10)7-17(8-14)12(19)20-13(3,4)5/h9-10,16H,6-8H2,1-5H3,(H,15,18)/t10-/m0/s1. The number of carbonyl (C=O) groups is 2. The summed E-state index contributed by atoms with van der Waals surface area (Å²) in [7, 11) is 0. The summed E-state index contributed by atoms with van der Waals surface area (Å²) in [5.74, 6) is 0.268. The van der Waals surface area contributed by atoms with E-state index in [-0.39, 0.29) is 29.5 Å². The molecule has 0 saturated carbocycles. The lowest BCUT2D eigenvalue weighted by Crippen LogP contribution is -2.80. The zero-order chi connectivity index (χ0) is 15.1. The first-order valence-electron chi connectivity index (χ1n) is 7.15. The quantitative estimate of drug-likeness (QED) is 0.744. The molecule has 1 spiro atoms. The van der Waals surface area contributed by atoms with E-state index in [1.807, 2.05) is 34.6 Å². The van der Waals surface area contributed by atoms with Crippen LogP contribution in [0.2, 0.25) is 0 Å². The van der Waals surface area contributed by atoms with Crippen LogP contribution in [0.3, 0.4) is 0 Å². The molecule has 0 unspecified atom stereocenters. The van der Waals surface area contributed by atoms with E-state index >= 15 is 0 Å². The van der Waals surface area contributed by atoms with Crippen LogP contribution >= 0.6 is 0 Å². The maximum Gasteiger partial charge on any atom is 0.410 e. The molecule has 6 nitrogen and oxygen atoms in total. The second-order valence-electron chi connectivity index (χ2n) is 7.20. The number of piperazine rings is 1. The van der Waals surface area contributed by atoms with Gasteiger partial charge in [-0.15, -0.1) is 0 Å². The second-order valence-corrected chi connectivity index (χ2v) is 7.20. The Morgan fingerprint density at radius 2 is 2.00 bits per heavy atom. The zero-order valence-electron chi connectivity index (χ0n) is 12.9. The van der Waals surface area contributed by atoms with Gasteiger partial charge in [0.25, 0.3) is 0 Å². The first-order valence-corrected chi connectivity index (χ1v) is 7.15. The van der Waals surface area contributed by atoms with Crippen LogP contribution in [0.5, 0.6) is 0 Å². The molecule has 2 saturated heterocycles. The maximum absolute atomic E-state index is 11.9. The molecule has 114 valence electrons. The van der Waals surface area contributed by atoms with Crippen LogP contribution in [0.1, 0.15) is 34.6 Å². The van der Waals surface area contributed by atoms with Crippen molar-refractivity contribution >= 4 is 12.0 Å². The molecule has 20 heavy (non-hydrogen) atoms. The highest BCUT2D eigenvalue weighted by atomic mass is 16.6. The van der Waals surface area contributed by atoms with Crippen LogP contribution in [0.25, 0.3) is 0 Å². The summed E-state index contributed by atoms with van der Waals surface area (Å²) in [6.45, 7) is 11.3. The summed E-state index contributed by atoms with van der Waals surface area (Å²) < 4.78 is 5.34. The Hall–Kier alpha value is -1.30. The summed E-state index contributed by atoms with van der Waals surface area (Å²) in [5, 5.41) is 6.34. The first kappa shape index (κ1) is 15.1. The van der Waals surface area contributed by atoms with Crippen molar-refractivity contribution in [2.75, 3.05) is 19.6 Å². The molecule has 2 heterocycles. The van der Waals surface area contributed by atoms with Gasteiger partial charge in [0.1, 0.15) is 5.60 Å². The van der Waals surface area contributed by atoms with Crippen molar-refractivity contribution in [3.63, 3.8) is 0 Å². The Balaban J connectivity index is 1.91.